The number of benzene rings is 1. The number of nitrogens with zero attached hydrogens (tertiary/aromatic N) is 1. The van der Waals surface area contributed by atoms with E-state index in [0.29, 0.717) is 11.3 Å². The Kier molecular flexibility index (Phi) is 3.08. The molecule has 1 heterocycles. The highest BCUT2D eigenvalue weighted by Crippen LogP contribution is 2.27. The molecule has 5 nitrogen and oxygen atoms in total. The molecule has 0 fully saturated rings. The van der Waals surface area contributed by atoms with E-state index in [2.05, 4.69) is 4.40 Å². The van der Waals surface area contributed by atoms with Crippen molar-refractivity contribution in [3.8, 4) is 0 Å². The molecule has 2 rings (SSSR count). The number of ether oxygens (including phenoxy) is 1. The Morgan fingerprint density at radius 2 is 2.06 bits per heavy atom. The van der Waals surface area contributed by atoms with Crippen molar-refractivity contribution in [2.45, 2.75) is 11.3 Å². The second-order valence-electron chi connectivity index (χ2n) is 3.66. The smallest absolute Gasteiger partial charge is 0.283 e. The van der Waals surface area contributed by atoms with Crippen LogP contribution < -0.4 is 0 Å². The fraction of sp³-hybridized carbons (Fsp3) is 0.273. The summed E-state index contributed by atoms with van der Waals surface area (Å²) in [5.41, 5.74) is 0.805. The van der Waals surface area contributed by atoms with Gasteiger partial charge in [0.1, 0.15) is 6.61 Å². The van der Waals surface area contributed by atoms with Gasteiger partial charge in [0.15, 0.2) is 5.78 Å². The van der Waals surface area contributed by atoms with Crippen LogP contribution in [0.2, 0.25) is 0 Å². The van der Waals surface area contributed by atoms with Crippen LogP contribution in [0.4, 0.5) is 0 Å². The molecule has 6 heteroatoms. The number of sulfonamides is 1. The lowest BCUT2D eigenvalue weighted by molar-refractivity contribution is -0.121. The molecular formula is C11H11NO4S. The fourth-order valence-electron chi connectivity index (χ4n) is 1.70. The molecule has 1 aliphatic rings. The minimum Gasteiger partial charge on any atom is -0.377 e. The standard InChI is InChI=1S/C11H11NO4S/c1-16-7-8(13)6-10-9-4-2-3-5-11(9)17(14,15)12-10/h2-5H,6-7H2,1H3. The minimum atomic E-state index is -3.62. The molecule has 0 saturated heterocycles. The van der Waals surface area contributed by atoms with E-state index >= 15 is 0 Å². The highest BCUT2D eigenvalue weighted by atomic mass is 32.2. The van der Waals surface area contributed by atoms with Crippen LogP contribution in [0.5, 0.6) is 0 Å². The highest BCUT2D eigenvalue weighted by molar-refractivity contribution is 7.90. The number of hydrogen-bond acceptors (Lipinski definition) is 4. The maximum absolute atomic E-state index is 11.7. The number of methoxy groups -OCH3 is 1. The third-order valence-electron chi connectivity index (χ3n) is 2.38. The van der Waals surface area contributed by atoms with Gasteiger partial charge in [-0.25, -0.2) is 0 Å². The summed E-state index contributed by atoms with van der Waals surface area (Å²) < 4.78 is 31.7. The van der Waals surface area contributed by atoms with Crippen molar-refractivity contribution in [1.82, 2.24) is 0 Å². The summed E-state index contributed by atoms with van der Waals surface area (Å²) in [6, 6.07) is 6.49. The summed E-state index contributed by atoms with van der Waals surface area (Å²) in [5, 5.41) is 0. The molecule has 0 atom stereocenters. The van der Waals surface area contributed by atoms with Gasteiger partial charge in [0, 0.05) is 12.7 Å². The number of hydrogen-bond donors (Lipinski definition) is 0. The zero-order chi connectivity index (χ0) is 12.5. The number of carbonyl (C=O) groups is 1. The van der Waals surface area contributed by atoms with E-state index in [4.69, 9.17) is 4.74 Å². The van der Waals surface area contributed by atoms with Crippen LogP contribution in [0, 0.1) is 0 Å². The number of Topliss-reactive ketones (excluding diaryl/α,β-unsaturated/α-hetero) is 1. The topological polar surface area (TPSA) is 72.8 Å². The average molecular weight is 253 g/mol. The fourth-order valence-corrected chi connectivity index (χ4v) is 2.97. The van der Waals surface area contributed by atoms with Gasteiger partial charge in [-0.3, -0.25) is 4.79 Å². The van der Waals surface area contributed by atoms with Gasteiger partial charge in [0.25, 0.3) is 10.0 Å². The second kappa shape index (κ2) is 4.38. The van der Waals surface area contributed by atoms with E-state index in [-0.39, 0.29) is 23.7 Å². The largest absolute Gasteiger partial charge is 0.377 e. The van der Waals surface area contributed by atoms with Crippen molar-refractivity contribution in [1.29, 1.82) is 0 Å². The van der Waals surface area contributed by atoms with Crippen LogP contribution in [0.15, 0.2) is 33.6 Å². The molecule has 0 aromatic heterocycles. The SMILES string of the molecule is COCC(=O)CC1=NS(=O)(=O)c2ccccc21. The van der Waals surface area contributed by atoms with E-state index < -0.39 is 10.0 Å². The first-order chi connectivity index (χ1) is 8.04. The van der Waals surface area contributed by atoms with E-state index in [9.17, 15) is 13.2 Å². The monoisotopic (exact) mass is 253 g/mol. The van der Waals surface area contributed by atoms with Gasteiger partial charge < -0.3 is 4.74 Å². The Labute approximate surface area is 99.2 Å². The molecule has 0 saturated carbocycles. The van der Waals surface area contributed by atoms with Crippen LogP contribution in [0.1, 0.15) is 12.0 Å². The summed E-state index contributed by atoms with van der Waals surface area (Å²) in [7, 11) is -2.20. The maximum atomic E-state index is 11.7. The van der Waals surface area contributed by atoms with E-state index in [0.717, 1.165) is 0 Å². The predicted molar refractivity (Wildman–Crippen MR) is 61.7 cm³/mol. The van der Waals surface area contributed by atoms with Gasteiger partial charge in [0.2, 0.25) is 0 Å². The van der Waals surface area contributed by atoms with Crippen LogP contribution in [-0.2, 0) is 19.6 Å². The minimum absolute atomic E-state index is 0.0237. The van der Waals surface area contributed by atoms with E-state index in [1.54, 1.807) is 18.2 Å². The number of fused-ring (bicyclic) bond motifs is 1. The van der Waals surface area contributed by atoms with Crippen LogP contribution >= 0.6 is 0 Å². The molecule has 0 bridgehead atoms. The van der Waals surface area contributed by atoms with Crippen molar-refractivity contribution in [3.05, 3.63) is 29.8 Å². The Balaban J connectivity index is 2.35. The third kappa shape index (κ3) is 2.27. The van der Waals surface area contributed by atoms with Crippen molar-refractivity contribution < 1.29 is 17.9 Å². The van der Waals surface area contributed by atoms with Crippen LogP contribution in [0.3, 0.4) is 0 Å². The van der Waals surface area contributed by atoms with Gasteiger partial charge in [-0.15, -0.1) is 0 Å². The lowest BCUT2D eigenvalue weighted by Crippen LogP contribution is -2.12. The highest BCUT2D eigenvalue weighted by Gasteiger charge is 2.28. The second-order valence-corrected chi connectivity index (χ2v) is 5.23. The molecule has 17 heavy (non-hydrogen) atoms. The number of rotatable bonds is 4. The van der Waals surface area contributed by atoms with Crippen molar-refractivity contribution in [2.75, 3.05) is 13.7 Å². The van der Waals surface area contributed by atoms with Gasteiger partial charge in [0.05, 0.1) is 17.0 Å². The van der Waals surface area contributed by atoms with E-state index in [1.165, 1.54) is 13.2 Å². The van der Waals surface area contributed by atoms with Crippen molar-refractivity contribution in [3.63, 3.8) is 0 Å². The van der Waals surface area contributed by atoms with Crippen molar-refractivity contribution >= 4 is 21.5 Å². The Morgan fingerprint density at radius 3 is 2.76 bits per heavy atom. The Bertz CT molecular complexity index is 589. The van der Waals surface area contributed by atoms with Gasteiger partial charge in [-0.2, -0.15) is 12.8 Å². The summed E-state index contributed by atoms with van der Waals surface area (Å²) in [4.78, 5) is 11.6. The first-order valence-electron chi connectivity index (χ1n) is 4.98. The van der Waals surface area contributed by atoms with Crippen LogP contribution in [-0.4, -0.2) is 33.6 Å². The average Bonchev–Trinajstić information content (AvgIpc) is 2.52. The summed E-state index contributed by atoms with van der Waals surface area (Å²) in [6.45, 7) is -0.0404. The predicted octanol–water partition coefficient (Wildman–Crippen LogP) is 0.784. The molecule has 1 aromatic carbocycles. The van der Waals surface area contributed by atoms with Crippen molar-refractivity contribution in [2.24, 2.45) is 4.40 Å². The molecule has 1 aliphatic heterocycles. The zero-order valence-electron chi connectivity index (χ0n) is 9.21. The summed E-state index contributed by atoms with van der Waals surface area (Å²) >= 11 is 0. The van der Waals surface area contributed by atoms with Gasteiger partial charge in [-0.05, 0) is 6.07 Å². The quantitative estimate of drug-likeness (QED) is 0.795. The number of carbonyl (C=O) groups excluding carboxylic acids is 1. The molecule has 0 amide bonds. The molecule has 0 aliphatic carbocycles. The first kappa shape index (κ1) is 11.9. The van der Waals surface area contributed by atoms with Gasteiger partial charge in [-0.1, -0.05) is 18.2 Å². The Hall–Kier alpha value is -1.53. The summed E-state index contributed by atoms with van der Waals surface area (Å²) in [6.07, 6.45) is -0.0237. The normalized spacial score (nSPS) is 16.4. The van der Waals surface area contributed by atoms with E-state index in [1.807, 2.05) is 0 Å². The van der Waals surface area contributed by atoms with Gasteiger partial charge >= 0.3 is 0 Å². The first-order valence-corrected chi connectivity index (χ1v) is 6.42. The van der Waals surface area contributed by atoms with Crippen LogP contribution in [0.25, 0.3) is 0 Å². The lowest BCUT2D eigenvalue weighted by Gasteiger charge is -2.00. The molecule has 0 unspecified atom stereocenters. The molecular weight excluding hydrogens is 242 g/mol. The number of ketones is 1. The third-order valence-corrected chi connectivity index (χ3v) is 3.75. The Morgan fingerprint density at radius 1 is 1.35 bits per heavy atom. The molecule has 0 radical (unpaired) electrons. The summed E-state index contributed by atoms with van der Waals surface area (Å²) in [5.74, 6) is -0.196. The lowest BCUT2D eigenvalue weighted by atomic mass is 10.1. The maximum Gasteiger partial charge on any atom is 0.283 e. The molecule has 0 N–H and O–H groups in total. The zero-order valence-corrected chi connectivity index (χ0v) is 10.0. The molecule has 90 valence electrons. The molecule has 0 spiro atoms. The molecule has 1 aromatic rings.